The van der Waals surface area contributed by atoms with Gasteiger partial charge in [0.2, 0.25) is 11.8 Å². The lowest BCUT2D eigenvalue weighted by atomic mass is 9.96. The average Bonchev–Trinajstić information content (AvgIpc) is 3.09. The minimum atomic E-state index is 0.0446. The highest BCUT2D eigenvalue weighted by Crippen LogP contribution is 2.27. The number of aryl methyl sites for hydroxylation is 1. The van der Waals surface area contributed by atoms with Crippen molar-refractivity contribution in [1.82, 2.24) is 15.0 Å². The van der Waals surface area contributed by atoms with E-state index in [0.717, 1.165) is 25.8 Å². The van der Waals surface area contributed by atoms with E-state index < -0.39 is 0 Å². The van der Waals surface area contributed by atoms with E-state index in [9.17, 15) is 4.79 Å². The topological polar surface area (TPSA) is 68.5 Å². The summed E-state index contributed by atoms with van der Waals surface area (Å²) in [5, 5.41) is 3.83. The van der Waals surface area contributed by atoms with Crippen LogP contribution in [0.3, 0.4) is 0 Å². The highest BCUT2D eigenvalue weighted by molar-refractivity contribution is 5.79. The Kier molecular flexibility index (Phi) is 3.50. The van der Waals surface area contributed by atoms with Gasteiger partial charge in [-0.3, -0.25) is 4.79 Å². The van der Waals surface area contributed by atoms with Crippen LogP contribution in [0.2, 0.25) is 0 Å². The quantitative estimate of drug-likeness (QED) is 0.801. The smallest absolute Gasteiger partial charge is 0.231 e. The van der Waals surface area contributed by atoms with Crippen molar-refractivity contribution in [3.05, 3.63) is 11.7 Å². The van der Waals surface area contributed by atoms with Crippen molar-refractivity contribution < 1.29 is 14.1 Å². The number of carbonyl (C=O) groups is 1. The lowest BCUT2D eigenvalue weighted by Crippen LogP contribution is -2.42. The molecule has 1 aromatic heterocycles. The molecule has 0 aromatic carbocycles. The molecule has 0 spiro atoms. The van der Waals surface area contributed by atoms with Crippen LogP contribution >= 0.6 is 0 Å². The second kappa shape index (κ2) is 5.28. The highest BCUT2D eigenvalue weighted by atomic mass is 16.5. The average molecular weight is 265 g/mol. The molecule has 2 atom stereocenters. The Morgan fingerprint density at radius 3 is 3.00 bits per heavy atom. The van der Waals surface area contributed by atoms with E-state index in [2.05, 4.69) is 10.1 Å². The third-order valence-corrected chi connectivity index (χ3v) is 3.90. The molecule has 19 heavy (non-hydrogen) atoms. The molecule has 1 amide bonds. The number of amides is 1. The molecule has 2 unspecified atom stereocenters. The van der Waals surface area contributed by atoms with Gasteiger partial charge in [0.25, 0.3) is 0 Å². The first-order chi connectivity index (χ1) is 9.24. The van der Waals surface area contributed by atoms with Crippen LogP contribution in [0.25, 0.3) is 0 Å². The molecule has 0 radical (unpaired) electrons. The van der Waals surface area contributed by atoms with Crippen molar-refractivity contribution in [1.29, 1.82) is 0 Å². The molecule has 3 rings (SSSR count). The molecule has 6 heteroatoms. The molecule has 2 aliphatic rings. The third-order valence-electron chi connectivity index (χ3n) is 3.90. The van der Waals surface area contributed by atoms with Crippen LogP contribution in [0.1, 0.15) is 36.9 Å². The summed E-state index contributed by atoms with van der Waals surface area (Å²) in [5.41, 5.74) is 0. The SMILES string of the molecule is Cc1noc(C2CCCN(C(=O)C3CCOC3)C2)n1. The molecule has 0 bridgehead atoms. The molecule has 3 heterocycles. The van der Waals surface area contributed by atoms with E-state index in [1.54, 1.807) is 0 Å². The van der Waals surface area contributed by atoms with Gasteiger partial charge in [-0.25, -0.2) is 0 Å². The second-order valence-electron chi connectivity index (χ2n) is 5.36. The molecule has 0 saturated carbocycles. The minimum absolute atomic E-state index is 0.0446. The Morgan fingerprint density at radius 1 is 1.42 bits per heavy atom. The standard InChI is InChI=1S/C13H19N3O3/c1-9-14-12(19-15-9)10-3-2-5-16(7-10)13(17)11-4-6-18-8-11/h10-11H,2-8H2,1H3. The summed E-state index contributed by atoms with van der Waals surface area (Å²) >= 11 is 0. The fourth-order valence-corrected chi connectivity index (χ4v) is 2.85. The lowest BCUT2D eigenvalue weighted by Gasteiger charge is -2.32. The first-order valence-corrected chi connectivity index (χ1v) is 6.91. The van der Waals surface area contributed by atoms with Gasteiger partial charge in [0, 0.05) is 19.7 Å². The van der Waals surface area contributed by atoms with Gasteiger partial charge in [0.15, 0.2) is 5.82 Å². The monoisotopic (exact) mass is 265 g/mol. The third kappa shape index (κ3) is 2.63. The molecule has 0 aliphatic carbocycles. The number of hydrogen-bond acceptors (Lipinski definition) is 5. The van der Waals surface area contributed by atoms with Crippen molar-refractivity contribution in [2.24, 2.45) is 5.92 Å². The molecule has 0 N–H and O–H groups in total. The largest absolute Gasteiger partial charge is 0.381 e. The zero-order valence-corrected chi connectivity index (χ0v) is 11.2. The van der Waals surface area contributed by atoms with Crippen LogP contribution in [0.15, 0.2) is 4.52 Å². The van der Waals surface area contributed by atoms with Gasteiger partial charge in [0.05, 0.1) is 18.4 Å². The molecule has 2 aliphatic heterocycles. The van der Waals surface area contributed by atoms with Crippen molar-refractivity contribution >= 4 is 5.91 Å². The van der Waals surface area contributed by atoms with Crippen LogP contribution in [-0.4, -0.2) is 47.3 Å². The number of likely N-dealkylation sites (tertiary alicyclic amines) is 1. The van der Waals surface area contributed by atoms with Crippen molar-refractivity contribution in [3.63, 3.8) is 0 Å². The number of hydrogen-bond donors (Lipinski definition) is 0. The lowest BCUT2D eigenvalue weighted by molar-refractivity contribution is -0.136. The van der Waals surface area contributed by atoms with Crippen molar-refractivity contribution in [3.8, 4) is 0 Å². The maximum absolute atomic E-state index is 12.4. The van der Waals surface area contributed by atoms with Gasteiger partial charge < -0.3 is 14.2 Å². The van der Waals surface area contributed by atoms with Gasteiger partial charge in [-0.1, -0.05) is 5.16 Å². The summed E-state index contributed by atoms with van der Waals surface area (Å²) in [4.78, 5) is 18.6. The molecule has 2 fully saturated rings. The maximum atomic E-state index is 12.4. The van der Waals surface area contributed by atoms with Gasteiger partial charge >= 0.3 is 0 Å². The first kappa shape index (κ1) is 12.6. The van der Waals surface area contributed by atoms with Crippen LogP contribution in [0, 0.1) is 12.8 Å². The fourth-order valence-electron chi connectivity index (χ4n) is 2.85. The fraction of sp³-hybridized carbons (Fsp3) is 0.769. The number of rotatable bonds is 2. The highest BCUT2D eigenvalue weighted by Gasteiger charge is 2.33. The summed E-state index contributed by atoms with van der Waals surface area (Å²) < 4.78 is 10.5. The normalized spacial score (nSPS) is 27.7. The predicted octanol–water partition coefficient (Wildman–Crippen LogP) is 1.12. The molecule has 2 saturated heterocycles. The first-order valence-electron chi connectivity index (χ1n) is 6.91. The van der Waals surface area contributed by atoms with Crippen LogP contribution in [-0.2, 0) is 9.53 Å². The van der Waals surface area contributed by atoms with Gasteiger partial charge in [-0.2, -0.15) is 4.98 Å². The van der Waals surface area contributed by atoms with E-state index in [0.29, 0.717) is 31.5 Å². The summed E-state index contributed by atoms with van der Waals surface area (Å²) in [5.74, 6) is 1.77. The van der Waals surface area contributed by atoms with Gasteiger partial charge in [-0.15, -0.1) is 0 Å². The number of aromatic nitrogens is 2. The summed E-state index contributed by atoms with van der Waals surface area (Å²) in [6.45, 7) is 4.61. The number of nitrogens with zero attached hydrogens (tertiary/aromatic N) is 3. The minimum Gasteiger partial charge on any atom is -0.381 e. The number of ether oxygens (including phenoxy) is 1. The van der Waals surface area contributed by atoms with E-state index in [1.807, 2.05) is 11.8 Å². The Morgan fingerprint density at radius 2 is 2.32 bits per heavy atom. The summed E-state index contributed by atoms with van der Waals surface area (Å²) in [6, 6.07) is 0. The number of piperidine rings is 1. The van der Waals surface area contributed by atoms with Gasteiger partial charge in [0.1, 0.15) is 0 Å². The zero-order valence-electron chi connectivity index (χ0n) is 11.2. The zero-order chi connectivity index (χ0) is 13.2. The predicted molar refractivity (Wildman–Crippen MR) is 66.5 cm³/mol. The van der Waals surface area contributed by atoms with Crippen LogP contribution in [0.4, 0.5) is 0 Å². The van der Waals surface area contributed by atoms with E-state index in [1.165, 1.54) is 0 Å². The summed E-state index contributed by atoms with van der Waals surface area (Å²) in [7, 11) is 0. The molecular formula is C13H19N3O3. The Bertz CT molecular complexity index is 454. The Labute approximate surface area is 112 Å². The maximum Gasteiger partial charge on any atom is 0.231 e. The van der Waals surface area contributed by atoms with E-state index in [-0.39, 0.29) is 17.7 Å². The van der Waals surface area contributed by atoms with E-state index >= 15 is 0 Å². The van der Waals surface area contributed by atoms with E-state index in [4.69, 9.17) is 9.26 Å². The Balaban J connectivity index is 1.65. The molecule has 104 valence electrons. The summed E-state index contributed by atoms with van der Waals surface area (Å²) in [6.07, 6.45) is 2.84. The van der Waals surface area contributed by atoms with Crippen molar-refractivity contribution in [2.75, 3.05) is 26.3 Å². The van der Waals surface area contributed by atoms with Crippen molar-refractivity contribution in [2.45, 2.75) is 32.1 Å². The Hall–Kier alpha value is -1.43. The van der Waals surface area contributed by atoms with Crippen LogP contribution < -0.4 is 0 Å². The molecule has 1 aromatic rings. The molecule has 6 nitrogen and oxygen atoms in total. The van der Waals surface area contributed by atoms with Gasteiger partial charge in [-0.05, 0) is 26.2 Å². The molecular weight excluding hydrogens is 246 g/mol. The van der Waals surface area contributed by atoms with Crippen LogP contribution in [0.5, 0.6) is 0 Å². The number of carbonyl (C=O) groups excluding carboxylic acids is 1. The second-order valence-corrected chi connectivity index (χ2v) is 5.36.